The predicted octanol–water partition coefficient (Wildman–Crippen LogP) is 1.72. The van der Waals surface area contributed by atoms with Crippen molar-refractivity contribution in [3.63, 3.8) is 0 Å². The molecule has 0 saturated carbocycles. The van der Waals surface area contributed by atoms with E-state index in [-0.39, 0.29) is 22.3 Å². The Bertz CT molecular complexity index is 886. The fourth-order valence-corrected chi connectivity index (χ4v) is 8.98. The number of hydrogen-bond acceptors (Lipinski definition) is 7. The Labute approximate surface area is 143 Å². The summed E-state index contributed by atoms with van der Waals surface area (Å²) in [4.78, 5) is 0. The van der Waals surface area contributed by atoms with E-state index in [2.05, 4.69) is 5.32 Å². The maximum absolute atomic E-state index is 12.7. The molecule has 3 rings (SSSR count). The number of hydrogen-bond donors (Lipinski definition) is 1. The van der Waals surface area contributed by atoms with Crippen LogP contribution < -0.4 is 5.32 Å². The molecule has 1 N–H and O–H groups in total. The predicted molar refractivity (Wildman–Crippen MR) is 88.3 cm³/mol. The summed E-state index contributed by atoms with van der Waals surface area (Å²) in [7, 11) is -7.19. The second-order valence-corrected chi connectivity index (χ2v) is 11.5. The third-order valence-corrected chi connectivity index (χ3v) is 9.55. The normalized spacial score (nSPS) is 24.0. The van der Waals surface area contributed by atoms with Gasteiger partial charge in [0.2, 0.25) is 0 Å². The molecule has 0 aliphatic carbocycles. The van der Waals surface area contributed by atoms with Gasteiger partial charge in [0.15, 0.2) is 19.7 Å². The first-order valence-corrected chi connectivity index (χ1v) is 11.3. The van der Waals surface area contributed by atoms with Gasteiger partial charge in [0.05, 0.1) is 33.9 Å². The fraction of sp³-hybridized carbons (Fsp3) is 0.385. The van der Waals surface area contributed by atoms with Gasteiger partial charge in [-0.2, -0.15) is 0 Å². The largest absolute Gasteiger partial charge is 0.468 e. The maximum atomic E-state index is 12.7. The first-order valence-electron chi connectivity index (χ1n) is 6.73. The Hall–Kier alpha value is -0.870. The molecule has 10 heteroatoms. The van der Waals surface area contributed by atoms with Crippen LogP contribution in [0, 0.1) is 0 Å². The molecule has 1 fully saturated rings. The molecule has 0 bridgehead atoms. The van der Waals surface area contributed by atoms with Gasteiger partial charge in [-0.25, -0.2) is 16.8 Å². The Kier molecular flexibility index (Phi) is 4.58. The topological polar surface area (TPSA) is 93.4 Å². The van der Waals surface area contributed by atoms with Crippen molar-refractivity contribution in [3.05, 3.63) is 40.6 Å². The van der Waals surface area contributed by atoms with Crippen LogP contribution in [0.5, 0.6) is 0 Å². The molecule has 126 valence electrons. The lowest BCUT2D eigenvalue weighted by atomic mass is 10.2. The smallest absolute Gasteiger partial charge is 0.193 e. The van der Waals surface area contributed by atoms with Crippen molar-refractivity contribution in [2.45, 2.75) is 22.0 Å². The van der Waals surface area contributed by atoms with Crippen molar-refractivity contribution in [1.82, 2.24) is 5.32 Å². The van der Waals surface area contributed by atoms with E-state index in [9.17, 15) is 16.8 Å². The van der Waals surface area contributed by atoms with E-state index in [4.69, 9.17) is 16.0 Å². The van der Waals surface area contributed by atoms with Gasteiger partial charge in [-0.05, 0) is 24.3 Å². The average Bonchev–Trinajstić information content (AvgIpc) is 3.16. The first kappa shape index (κ1) is 17.0. The van der Waals surface area contributed by atoms with E-state index in [1.165, 1.54) is 18.4 Å². The van der Waals surface area contributed by atoms with Crippen molar-refractivity contribution in [3.8, 4) is 0 Å². The molecule has 23 heavy (non-hydrogen) atoms. The summed E-state index contributed by atoms with van der Waals surface area (Å²) >= 11 is 6.74. The zero-order chi connectivity index (χ0) is 16.7. The van der Waals surface area contributed by atoms with Crippen LogP contribution in [0.1, 0.15) is 5.76 Å². The fourth-order valence-electron chi connectivity index (χ4n) is 2.56. The Morgan fingerprint density at radius 3 is 2.70 bits per heavy atom. The van der Waals surface area contributed by atoms with Crippen LogP contribution in [0.25, 0.3) is 0 Å². The van der Waals surface area contributed by atoms with Gasteiger partial charge in [0.25, 0.3) is 0 Å². The molecule has 1 aliphatic heterocycles. The highest BCUT2D eigenvalue weighted by molar-refractivity contribution is 7.97. The highest BCUT2D eigenvalue weighted by Gasteiger charge is 2.46. The Morgan fingerprint density at radius 1 is 1.30 bits per heavy atom. The molecule has 0 amide bonds. The highest BCUT2D eigenvalue weighted by Crippen LogP contribution is 2.32. The van der Waals surface area contributed by atoms with Gasteiger partial charge in [-0.3, -0.25) is 0 Å². The highest BCUT2D eigenvalue weighted by atomic mass is 35.5. The van der Waals surface area contributed by atoms with Gasteiger partial charge in [-0.15, -0.1) is 11.3 Å². The van der Waals surface area contributed by atoms with E-state index >= 15 is 0 Å². The zero-order valence-corrected chi connectivity index (χ0v) is 15.0. The monoisotopic (exact) mass is 395 g/mol. The summed E-state index contributed by atoms with van der Waals surface area (Å²) in [6, 6.07) is 5.67. The molecular weight excluding hydrogens is 382 g/mol. The average molecular weight is 396 g/mol. The van der Waals surface area contributed by atoms with Crippen molar-refractivity contribution in [1.29, 1.82) is 0 Å². The second kappa shape index (κ2) is 6.21. The van der Waals surface area contributed by atoms with Crippen LogP contribution in [0.3, 0.4) is 0 Å². The van der Waals surface area contributed by atoms with E-state index in [1.54, 1.807) is 12.1 Å². The van der Waals surface area contributed by atoms with Gasteiger partial charge in [0, 0.05) is 6.04 Å². The number of nitrogens with one attached hydrogen (secondary N) is 1. The van der Waals surface area contributed by atoms with E-state index < -0.39 is 31.0 Å². The van der Waals surface area contributed by atoms with Crippen molar-refractivity contribution < 1.29 is 21.3 Å². The second-order valence-electron chi connectivity index (χ2n) is 5.29. The number of sulfone groups is 2. The van der Waals surface area contributed by atoms with Crippen molar-refractivity contribution in [2.75, 3.05) is 11.5 Å². The lowest BCUT2D eigenvalue weighted by Crippen LogP contribution is -2.42. The van der Waals surface area contributed by atoms with Crippen LogP contribution in [0.4, 0.5) is 0 Å². The van der Waals surface area contributed by atoms with Gasteiger partial charge < -0.3 is 9.73 Å². The van der Waals surface area contributed by atoms with E-state index in [1.807, 2.05) is 0 Å². The Morgan fingerprint density at radius 2 is 2.09 bits per heavy atom. The van der Waals surface area contributed by atoms with Crippen LogP contribution in [-0.4, -0.2) is 39.6 Å². The van der Waals surface area contributed by atoms with Gasteiger partial charge in [0.1, 0.15) is 9.97 Å². The molecule has 0 radical (unpaired) electrons. The number of rotatable bonds is 5. The van der Waals surface area contributed by atoms with E-state index in [0.29, 0.717) is 10.1 Å². The van der Waals surface area contributed by atoms with Crippen LogP contribution in [0.2, 0.25) is 4.34 Å². The van der Waals surface area contributed by atoms with Crippen LogP contribution in [-0.2, 0) is 26.2 Å². The summed E-state index contributed by atoms with van der Waals surface area (Å²) in [5.74, 6) is 0.0156. The molecule has 1 saturated heterocycles. The SMILES string of the molecule is O=S1(=O)C[C@H](NCc2ccco2)[C@@H](S(=O)(=O)c2ccc(Cl)s2)C1. The Balaban J connectivity index is 1.85. The standard InChI is InChI=1S/C13H14ClNO5S3/c14-12-3-4-13(21-12)23(18,19)11-8-22(16,17)7-10(11)15-6-9-2-1-5-20-9/h1-5,10-11,15H,6-8H2/t10-,11-/m0/s1. The van der Waals surface area contributed by atoms with Crippen LogP contribution in [0.15, 0.2) is 39.2 Å². The third-order valence-electron chi connectivity index (χ3n) is 3.65. The first-order chi connectivity index (χ1) is 10.8. The van der Waals surface area contributed by atoms with E-state index in [0.717, 1.165) is 11.3 Å². The van der Waals surface area contributed by atoms with Gasteiger partial charge in [-0.1, -0.05) is 11.6 Å². The lowest BCUT2D eigenvalue weighted by Gasteiger charge is -2.18. The molecule has 0 unspecified atom stereocenters. The molecule has 6 nitrogen and oxygen atoms in total. The minimum absolute atomic E-state index is 0.0920. The third kappa shape index (κ3) is 3.63. The quantitative estimate of drug-likeness (QED) is 0.828. The molecule has 0 spiro atoms. The summed E-state index contributed by atoms with van der Waals surface area (Å²) in [6.07, 6.45) is 1.50. The molecule has 3 heterocycles. The van der Waals surface area contributed by atoms with Crippen LogP contribution >= 0.6 is 22.9 Å². The molecule has 0 aromatic carbocycles. The molecule has 2 atom stereocenters. The number of halogens is 1. The van der Waals surface area contributed by atoms with Crippen molar-refractivity contribution in [2.24, 2.45) is 0 Å². The number of thiophene rings is 1. The zero-order valence-electron chi connectivity index (χ0n) is 11.8. The summed E-state index contributed by atoms with van der Waals surface area (Å²) in [5.41, 5.74) is 0. The molecular formula is C13H14ClNO5S3. The summed E-state index contributed by atoms with van der Waals surface area (Å²) in [5, 5.41) is 1.96. The minimum Gasteiger partial charge on any atom is -0.468 e. The maximum Gasteiger partial charge on any atom is 0.193 e. The number of furan rings is 1. The van der Waals surface area contributed by atoms with Crippen molar-refractivity contribution >= 4 is 42.6 Å². The summed E-state index contributed by atoms with van der Waals surface area (Å²) < 4.78 is 55.0. The summed E-state index contributed by atoms with van der Waals surface area (Å²) in [6.45, 7) is 0.268. The van der Waals surface area contributed by atoms with Gasteiger partial charge >= 0.3 is 0 Å². The lowest BCUT2D eigenvalue weighted by molar-refractivity contribution is 0.454. The minimum atomic E-state index is -3.77. The molecule has 1 aliphatic rings. The molecule has 2 aromatic rings. The molecule has 2 aromatic heterocycles.